The number of benzene rings is 1. The van der Waals surface area contributed by atoms with Crippen LogP contribution in [0, 0.1) is 0 Å². The molecule has 1 saturated heterocycles. The maximum Gasteiger partial charge on any atom is 0.257 e. The van der Waals surface area contributed by atoms with Crippen molar-refractivity contribution < 1.29 is 9.53 Å². The summed E-state index contributed by atoms with van der Waals surface area (Å²) in [5, 5.41) is 4.60. The lowest BCUT2D eigenvalue weighted by Crippen LogP contribution is -2.38. The Balaban J connectivity index is 1.52. The van der Waals surface area contributed by atoms with Crippen LogP contribution in [0.2, 0.25) is 5.02 Å². The van der Waals surface area contributed by atoms with Gasteiger partial charge < -0.3 is 15.4 Å². The topological polar surface area (TPSA) is 98.6 Å². The van der Waals surface area contributed by atoms with E-state index in [1.165, 1.54) is 13.4 Å². The van der Waals surface area contributed by atoms with Gasteiger partial charge in [0.25, 0.3) is 11.7 Å². The van der Waals surface area contributed by atoms with Gasteiger partial charge in [-0.25, -0.2) is 9.50 Å². The van der Waals surface area contributed by atoms with Crippen molar-refractivity contribution in [3.63, 3.8) is 0 Å². The number of methoxy groups -OCH3 is 1. The quantitative estimate of drug-likeness (QED) is 0.694. The summed E-state index contributed by atoms with van der Waals surface area (Å²) in [5.74, 6) is 1.21. The number of hydrogen-bond donors (Lipinski definition) is 1. The number of rotatable bonds is 3. The second kappa shape index (κ2) is 7.03. The summed E-state index contributed by atoms with van der Waals surface area (Å²) >= 11 is 6.10. The molecule has 1 amide bonds. The average molecular weight is 387 g/mol. The van der Waals surface area contributed by atoms with E-state index in [9.17, 15) is 4.79 Å². The van der Waals surface area contributed by atoms with Gasteiger partial charge in [0.2, 0.25) is 0 Å². The van der Waals surface area contributed by atoms with Crippen LogP contribution in [0.5, 0.6) is 5.75 Å². The maximum absolute atomic E-state index is 13.0. The van der Waals surface area contributed by atoms with Gasteiger partial charge >= 0.3 is 0 Å². The van der Waals surface area contributed by atoms with Crippen LogP contribution in [0.1, 0.15) is 34.8 Å². The van der Waals surface area contributed by atoms with Gasteiger partial charge in [-0.3, -0.25) is 4.79 Å². The number of fused-ring (bicyclic) bond motifs is 1. The first kappa shape index (κ1) is 17.5. The summed E-state index contributed by atoms with van der Waals surface area (Å²) in [6, 6.07) is 5.12. The zero-order valence-electron chi connectivity index (χ0n) is 14.8. The number of carbonyl (C=O) groups excluding carboxylic acids is 1. The molecule has 1 aromatic carbocycles. The van der Waals surface area contributed by atoms with Crippen molar-refractivity contribution in [3.05, 3.63) is 47.0 Å². The van der Waals surface area contributed by atoms with Crippen LogP contribution in [0.25, 0.3) is 5.78 Å². The fourth-order valence-electron chi connectivity index (χ4n) is 3.52. The Hall–Kier alpha value is -2.87. The number of piperidine rings is 1. The Bertz CT molecular complexity index is 997. The first-order valence-corrected chi connectivity index (χ1v) is 9.03. The molecule has 140 valence electrons. The van der Waals surface area contributed by atoms with Crippen LogP contribution in [-0.4, -0.2) is 50.6 Å². The van der Waals surface area contributed by atoms with Gasteiger partial charge in [-0.2, -0.15) is 10.1 Å². The number of amides is 1. The molecular weight excluding hydrogens is 368 g/mol. The van der Waals surface area contributed by atoms with Crippen molar-refractivity contribution >= 4 is 29.0 Å². The number of carbonyl (C=O) groups is 1. The monoisotopic (exact) mass is 386 g/mol. The molecule has 1 aliphatic heterocycles. The number of halogens is 1. The number of likely N-dealkylation sites (tertiary alicyclic amines) is 1. The van der Waals surface area contributed by atoms with E-state index in [0.717, 1.165) is 18.5 Å². The highest BCUT2D eigenvalue weighted by Crippen LogP contribution is 2.32. The van der Waals surface area contributed by atoms with Gasteiger partial charge in [-0.1, -0.05) is 11.6 Å². The van der Waals surface area contributed by atoms with Crippen LogP contribution in [0.3, 0.4) is 0 Å². The van der Waals surface area contributed by atoms with Gasteiger partial charge in [0.15, 0.2) is 0 Å². The SMILES string of the molecule is COc1cc(N)c(Cl)cc1C(=O)N1CCC(c2ccnc3ncnn23)CC1. The van der Waals surface area contributed by atoms with E-state index in [-0.39, 0.29) is 11.8 Å². The standard InChI is InChI=1S/C18H19ClN6O2/c1-27-16-9-14(20)13(19)8-12(16)17(26)24-6-3-11(4-7-24)15-2-5-21-18-22-10-23-25(15)18/h2,5,8-11H,3-4,6-7,20H2,1H3. The smallest absolute Gasteiger partial charge is 0.257 e. The average Bonchev–Trinajstić information content (AvgIpc) is 3.18. The lowest BCUT2D eigenvalue weighted by atomic mass is 9.93. The fraction of sp³-hybridized carbons (Fsp3) is 0.333. The lowest BCUT2D eigenvalue weighted by Gasteiger charge is -2.32. The van der Waals surface area contributed by atoms with Crippen LogP contribution in [-0.2, 0) is 0 Å². The summed E-state index contributed by atoms with van der Waals surface area (Å²) < 4.78 is 7.08. The highest BCUT2D eigenvalue weighted by atomic mass is 35.5. The van der Waals surface area contributed by atoms with Crippen molar-refractivity contribution in [3.8, 4) is 5.75 Å². The van der Waals surface area contributed by atoms with Gasteiger partial charge in [0.05, 0.1) is 29.1 Å². The summed E-state index contributed by atoms with van der Waals surface area (Å²) in [6.07, 6.45) is 4.91. The fourth-order valence-corrected chi connectivity index (χ4v) is 3.68. The summed E-state index contributed by atoms with van der Waals surface area (Å²) in [7, 11) is 1.51. The van der Waals surface area contributed by atoms with Crippen molar-refractivity contribution in [2.24, 2.45) is 0 Å². The Labute approximate surface area is 160 Å². The van der Waals surface area contributed by atoms with E-state index in [0.29, 0.717) is 40.9 Å². The van der Waals surface area contributed by atoms with E-state index < -0.39 is 0 Å². The van der Waals surface area contributed by atoms with Gasteiger partial charge in [0.1, 0.15) is 12.1 Å². The normalized spacial score (nSPS) is 15.3. The minimum atomic E-state index is -0.104. The molecule has 3 aromatic rings. The molecule has 0 saturated carbocycles. The number of hydrogen-bond acceptors (Lipinski definition) is 6. The Morgan fingerprint density at radius 2 is 2.07 bits per heavy atom. The van der Waals surface area contributed by atoms with Crippen molar-refractivity contribution in [2.45, 2.75) is 18.8 Å². The zero-order valence-corrected chi connectivity index (χ0v) is 15.6. The van der Waals surface area contributed by atoms with Crippen LogP contribution >= 0.6 is 11.6 Å². The van der Waals surface area contributed by atoms with Gasteiger partial charge in [0, 0.05) is 31.3 Å². The minimum Gasteiger partial charge on any atom is -0.496 e. The molecular formula is C18H19ClN6O2. The van der Waals surface area contributed by atoms with Gasteiger partial charge in [-0.05, 0) is 25.0 Å². The van der Waals surface area contributed by atoms with E-state index in [1.54, 1.807) is 22.8 Å². The maximum atomic E-state index is 13.0. The second-order valence-corrected chi connectivity index (χ2v) is 6.89. The van der Waals surface area contributed by atoms with E-state index in [1.807, 2.05) is 11.0 Å². The number of nitrogens with two attached hydrogens (primary N) is 1. The summed E-state index contributed by atoms with van der Waals surface area (Å²) in [6.45, 7) is 1.26. The molecule has 1 fully saturated rings. The highest BCUT2D eigenvalue weighted by Gasteiger charge is 2.28. The number of nitrogens with zero attached hydrogens (tertiary/aromatic N) is 5. The highest BCUT2D eigenvalue weighted by molar-refractivity contribution is 6.33. The van der Waals surface area contributed by atoms with Crippen LogP contribution < -0.4 is 10.5 Å². The predicted octanol–water partition coefficient (Wildman–Crippen LogP) is 2.39. The van der Waals surface area contributed by atoms with Crippen molar-refractivity contribution in [1.29, 1.82) is 0 Å². The minimum absolute atomic E-state index is 0.104. The molecule has 2 N–H and O–H groups in total. The van der Waals surface area contributed by atoms with Crippen LogP contribution in [0.15, 0.2) is 30.7 Å². The summed E-state index contributed by atoms with van der Waals surface area (Å²) in [4.78, 5) is 23.1. The third-order valence-electron chi connectivity index (χ3n) is 4.96. The van der Waals surface area contributed by atoms with Gasteiger partial charge in [-0.15, -0.1) is 0 Å². The molecule has 0 unspecified atom stereocenters. The second-order valence-electron chi connectivity index (χ2n) is 6.48. The molecule has 8 nitrogen and oxygen atoms in total. The molecule has 2 aromatic heterocycles. The first-order chi connectivity index (χ1) is 13.1. The molecule has 0 bridgehead atoms. The van der Waals surface area contributed by atoms with Crippen LogP contribution in [0.4, 0.5) is 5.69 Å². The number of nitrogen functional groups attached to an aromatic ring is 1. The molecule has 3 heterocycles. The predicted molar refractivity (Wildman–Crippen MR) is 101 cm³/mol. The summed E-state index contributed by atoms with van der Waals surface area (Å²) in [5.41, 5.74) is 7.69. The Morgan fingerprint density at radius 1 is 1.30 bits per heavy atom. The molecule has 9 heteroatoms. The molecule has 1 aliphatic rings. The Kier molecular flexibility index (Phi) is 4.57. The molecule has 0 radical (unpaired) electrons. The molecule has 0 aliphatic carbocycles. The molecule has 0 atom stereocenters. The first-order valence-electron chi connectivity index (χ1n) is 8.65. The van der Waals surface area contributed by atoms with E-state index in [2.05, 4.69) is 15.1 Å². The third-order valence-corrected chi connectivity index (χ3v) is 5.29. The number of ether oxygens (including phenoxy) is 1. The molecule has 4 rings (SSSR count). The van der Waals surface area contributed by atoms with E-state index >= 15 is 0 Å². The number of aromatic nitrogens is 4. The number of anilines is 1. The van der Waals surface area contributed by atoms with Crippen molar-refractivity contribution in [1.82, 2.24) is 24.5 Å². The molecule has 27 heavy (non-hydrogen) atoms. The Morgan fingerprint density at radius 3 is 2.81 bits per heavy atom. The molecule has 0 spiro atoms. The zero-order chi connectivity index (χ0) is 19.0. The largest absolute Gasteiger partial charge is 0.496 e. The van der Waals surface area contributed by atoms with E-state index in [4.69, 9.17) is 22.1 Å². The lowest BCUT2D eigenvalue weighted by molar-refractivity contribution is 0.0708. The third kappa shape index (κ3) is 3.16. The van der Waals surface area contributed by atoms with Crippen molar-refractivity contribution in [2.75, 3.05) is 25.9 Å².